The Labute approximate surface area is 136 Å². The highest BCUT2D eigenvalue weighted by Crippen LogP contribution is 2.25. The van der Waals surface area contributed by atoms with Crippen LogP contribution in [0.5, 0.6) is 11.5 Å². The van der Waals surface area contributed by atoms with Gasteiger partial charge in [0.25, 0.3) is 0 Å². The molecule has 3 rings (SSSR count). The number of para-hydroxylation sites is 1. The predicted octanol–water partition coefficient (Wildman–Crippen LogP) is 4.12. The van der Waals surface area contributed by atoms with Crippen molar-refractivity contribution in [2.45, 2.75) is 19.5 Å². The van der Waals surface area contributed by atoms with E-state index < -0.39 is 0 Å². The summed E-state index contributed by atoms with van der Waals surface area (Å²) < 4.78 is 5.93. The van der Waals surface area contributed by atoms with Crippen molar-refractivity contribution in [2.24, 2.45) is 0 Å². The normalized spacial score (nSPS) is 11.9. The second-order valence-electron chi connectivity index (χ2n) is 5.28. The first-order chi connectivity index (χ1) is 11.3. The van der Waals surface area contributed by atoms with Crippen LogP contribution in [0.15, 0.2) is 73.3 Å². The molecule has 1 N–H and O–H groups in total. The second kappa shape index (κ2) is 7.51. The molecule has 0 bridgehead atoms. The van der Waals surface area contributed by atoms with Crippen molar-refractivity contribution in [3.05, 3.63) is 84.4 Å². The minimum absolute atomic E-state index is 0.240. The van der Waals surface area contributed by atoms with Crippen LogP contribution >= 0.6 is 0 Å². The zero-order chi connectivity index (χ0) is 15.9. The van der Waals surface area contributed by atoms with E-state index in [-0.39, 0.29) is 6.04 Å². The van der Waals surface area contributed by atoms with Gasteiger partial charge >= 0.3 is 0 Å². The quantitative estimate of drug-likeness (QED) is 0.744. The van der Waals surface area contributed by atoms with E-state index in [0.29, 0.717) is 0 Å². The maximum absolute atomic E-state index is 5.93. The van der Waals surface area contributed by atoms with Crippen LogP contribution in [0.1, 0.15) is 24.1 Å². The number of rotatable bonds is 6. The van der Waals surface area contributed by atoms with Crippen LogP contribution in [-0.2, 0) is 6.54 Å². The van der Waals surface area contributed by atoms with Crippen LogP contribution in [-0.4, -0.2) is 9.97 Å². The van der Waals surface area contributed by atoms with E-state index in [2.05, 4.69) is 28.3 Å². The third kappa shape index (κ3) is 4.14. The highest BCUT2D eigenvalue weighted by Gasteiger charge is 2.08. The summed E-state index contributed by atoms with van der Waals surface area (Å²) in [5.41, 5.74) is 2.32. The van der Waals surface area contributed by atoms with Gasteiger partial charge in [0.2, 0.25) is 0 Å². The number of hydrogen-bond acceptors (Lipinski definition) is 4. The zero-order valence-electron chi connectivity index (χ0n) is 13.0. The molecule has 1 atom stereocenters. The molecule has 0 aliphatic heterocycles. The van der Waals surface area contributed by atoms with Gasteiger partial charge in [-0.05, 0) is 42.8 Å². The van der Waals surface area contributed by atoms with E-state index in [4.69, 9.17) is 4.74 Å². The van der Waals surface area contributed by atoms with E-state index in [1.807, 2.05) is 54.9 Å². The first-order valence-corrected chi connectivity index (χ1v) is 7.62. The molecule has 4 nitrogen and oxygen atoms in total. The number of hydrogen-bond donors (Lipinski definition) is 1. The summed E-state index contributed by atoms with van der Waals surface area (Å²) in [5.74, 6) is 1.58. The van der Waals surface area contributed by atoms with Crippen molar-refractivity contribution >= 4 is 0 Å². The topological polar surface area (TPSA) is 47.0 Å². The first-order valence-electron chi connectivity index (χ1n) is 7.62. The molecule has 0 fully saturated rings. The van der Waals surface area contributed by atoms with E-state index in [1.165, 1.54) is 5.56 Å². The Morgan fingerprint density at radius 3 is 2.57 bits per heavy atom. The fourth-order valence-corrected chi connectivity index (χ4v) is 2.32. The van der Waals surface area contributed by atoms with E-state index in [1.54, 1.807) is 12.4 Å². The molecular formula is C19H19N3O. The van der Waals surface area contributed by atoms with Crippen LogP contribution in [0.25, 0.3) is 0 Å². The van der Waals surface area contributed by atoms with Gasteiger partial charge in [-0.3, -0.25) is 9.97 Å². The van der Waals surface area contributed by atoms with Gasteiger partial charge in [-0.25, -0.2) is 0 Å². The predicted molar refractivity (Wildman–Crippen MR) is 90.2 cm³/mol. The van der Waals surface area contributed by atoms with Crippen LogP contribution in [0.2, 0.25) is 0 Å². The van der Waals surface area contributed by atoms with Crippen molar-refractivity contribution < 1.29 is 4.74 Å². The molecule has 0 radical (unpaired) electrons. The first kappa shape index (κ1) is 15.2. The number of benzene rings is 1. The summed E-state index contributed by atoms with van der Waals surface area (Å²) in [5, 5.41) is 3.52. The van der Waals surface area contributed by atoms with Gasteiger partial charge < -0.3 is 10.1 Å². The average Bonchev–Trinajstić information content (AvgIpc) is 2.62. The van der Waals surface area contributed by atoms with Crippen molar-refractivity contribution in [1.29, 1.82) is 0 Å². The summed E-state index contributed by atoms with van der Waals surface area (Å²) in [6.07, 6.45) is 7.07. The van der Waals surface area contributed by atoms with Gasteiger partial charge in [0, 0.05) is 36.7 Å². The number of ether oxygens (including phenoxy) is 1. The van der Waals surface area contributed by atoms with Crippen molar-refractivity contribution in [3.8, 4) is 11.5 Å². The Morgan fingerprint density at radius 2 is 1.78 bits per heavy atom. The fraction of sp³-hybridized carbons (Fsp3) is 0.158. The van der Waals surface area contributed by atoms with Gasteiger partial charge in [0.05, 0.1) is 6.20 Å². The molecular weight excluding hydrogens is 286 g/mol. The van der Waals surface area contributed by atoms with Gasteiger partial charge in [0.1, 0.15) is 11.5 Å². The van der Waals surface area contributed by atoms with Crippen molar-refractivity contribution in [2.75, 3.05) is 0 Å². The van der Waals surface area contributed by atoms with Crippen LogP contribution < -0.4 is 10.1 Å². The van der Waals surface area contributed by atoms with Crippen LogP contribution in [0, 0.1) is 0 Å². The minimum atomic E-state index is 0.240. The van der Waals surface area contributed by atoms with E-state index >= 15 is 0 Å². The van der Waals surface area contributed by atoms with Gasteiger partial charge in [0.15, 0.2) is 0 Å². The molecule has 2 heterocycles. The third-order valence-corrected chi connectivity index (χ3v) is 3.64. The molecule has 0 unspecified atom stereocenters. The SMILES string of the molecule is C[C@@H](NCc1ccccc1Oc1cccnc1)c1ccncc1. The lowest BCUT2D eigenvalue weighted by Crippen LogP contribution is -2.18. The number of nitrogens with one attached hydrogen (secondary N) is 1. The van der Waals surface area contributed by atoms with Gasteiger partial charge in [-0.2, -0.15) is 0 Å². The molecule has 0 spiro atoms. The molecule has 3 aromatic rings. The molecule has 0 saturated heterocycles. The molecule has 0 aliphatic rings. The summed E-state index contributed by atoms with van der Waals surface area (Å²) >= 11 is 0. The highest BCUT2D eigenvalue weighted by atomic mass is 16.5. The number of nitrogens with zero attached hydrogens (tertiary/aromatic N) is 2. The monoisotopic (exact) mass is 305 g/mol. The molecule has 0 aliphatic carbocycles. The lowest BCUT2D eigenvalue weighted by molar-refractivity contribution is 0.466. The van der Waals surface area contributed by atoms with E-state index in [9.17, 15) is 0 Å². The Balaban J connectivity index is 1.68. The largest absolute Gasteiger partial charge is 0.455 e. The maximum atomic E-state index is 5.93. The summed E-state index contributed by atoms with van der Waals surface area (Å²) in [6, 6.07) is 16.1. The van der Waals surface area contributed by atoms with Crippen molar-refractivity contribution in [1.82, 2.24) is 15.3 Å². The van der Waals surface area contributed by atoms with Gasteiger partial charge in [-0.1, -0.05) is 18.2 Å². The Kier molecular flexibility index (Phi) is 4.96. The summed E-state index contributed by atoms with van der Waals surface area (Å²) in [6.45, 7) is 2.86. The van der Waals surface area contributed by atoms with Crippen LogP contribution in [0.3, 0.4) is 0 Å². The van der Waals surface area contributed by atoms with Crippen molar-refractivity contribution in [3.63, 3.8) is 0 Å². The lowest BCUT2D eigenvalue weighted by Gasteiger charge is -2.16. The third-order valence-electron chi connectivity index (χ3n) is 3.64. The maximum Gasteiger partial charge on any atom is 0.145 e. The second-order valence-corrected chi connectivity index (χ2v) is 5.28. The lowest BCUT2D eigenvalue weighted by atomic mass is 10.1. The van der Waals surface area contributed by atoms with Crippen LogP contribution in [0.4, 0.5) is 0 Å². The van der Waals surface area contributed by atoms with E-state index in [0.717, 1.165) is 23.6 Å². The standard InChI is InChI=1S/C19H19N3O/c1-15(16-8-11-20-12-9-16)22-13-17-5-2-3-7-19(17)23-18-6-4-10-21-14-18/h2-12,14-15,22H,13H2,1H3/t15-/m1/s1. The highest BCUT2D eigenvalue weighted by molar-refractivity contribution is 5.37. The molecule has 116 valence electrons. The fourth-order valence-electron chi connectivity index (χ4n) is 2.32. The molecule has 4 heteroatoms. The van der Waals surface area contributed by atoms with Gasteiger partial charge in [-0.15, -0.1) is 0 Å². The summed E-state index contributed by atoms with van der Waals surface area (Å²) in [7, 11) is 0. The summed E-state index contributed by atoms with van der Waals surface area (Å²) in [4.78, 5) is 8.13. The number of pyridine rings is 2. The molecule has 23 heavy (non-hydrogen) atoms. The Morgan fingerprint density at radius 1 is 0.957 bits per heavy atom. The average molecular weight is 305 g/mol. The molecule has 2 aromatic heterocycles. The Hall–Kier alpha value is -2.72. The Bertz CT molecular complexity index is 732. The minimum Gasteiger partial charge on any atom is -0.455 e. The smallest absolute Gasteiger partial charge is 0.145 e. The molecule has 1 aromatic carbocycles. The molecule has 0 amide bonds. The molecule has 0 saturated carbocycles. The number of aromatic nitrogens is 2. The zero-order valence-corrected chi connectivity index (χ0v) is 13.0.